The second-order valence-electron chi connectivity index (χ2n) is 17.2. The molecule has 18 nitrogen and oxygen atoms in total. The van der Waals surface area contributed by atoms with Crippen molar-refractivity contribution in [2.24, 2.45) is 5.92 Å². The quantitative estimate of drug-likeness (QED) is 0.0926. The summed E-state index contributed by atoms with van der Waals surface area (Å²) < 4.78 is 6.06. The van der Waals surface area contributed by atoms with Crippen LogP contribution in [0.1, 0.15) is 85.6 Å². The lowest BCUT2D eigenvalue weighted by molar-refractivity contribution is -0.142. The first-order valence-electron chi connectivity index (χ1n) is 20.8. The molecule has 3 heterocycles. The van der Waals surface area contributed by atoms with E-state index in [0.29, 0.717) is 12.0 Å². The van der Waals surface area contributed by atoms with Crippen molar-refractivity contribution < 1.29 is 48.2 Å². The van der Waals surface area contributed by atoms with Crippen LogP contribution in [0.5, 0.6) is 0 Å². The van der Waals surface area contributed by atoms with Gasteiger partial charge < -0.3 is 46.6 Å². The zero-order valence-corrected chi connectivity index (χ0v) is 37.5. The van der Waals surface area contributed by atoms with E-state index in [9.17, 15) is 43.5 Å². The van der Waals surface area contributed by atoms with Gasteiger partial charge in [0.05, 0.1) is 42.8 Å². The van der Waals surface area contributed by atoms with Crippen LogP contribution in [0.3, 0.4) is 0 Å². The van der Waals surface area contributed by atoms with E-state index in [1.807, 2.05) is 52.0 Å². The number of Topliss-reactive ketones (excluding diaryl/α,β-unsaturated/α-hetero) is 2. The van der Waals surface area contributed by atoms with Gasteiger partial charge in [0.25, 0.3) is 0 Å². The average molecular weight is 873 g/mol. The first kappa shape index (κ1) is 49.1. The SMILES string of the molecule is CC[C@H](C)[C@H](NC(=O)CNC(=O)C1C[C@]2(O)c3ccccc3NC2N1C)C(=O)CCC(=O)N[C@@H](CSC)C(=O)N[C@@H](CC(=O)NC)C(=O)N1C[C@H](OC(C)(C)C)C[C@H]1C(C)=O. The number of rotatable bonds is 20. The maximum atomic E-state index is 13.9. The van der Waals surface area contributed by atoms with E-state index >= 15 is 0 Å². The molecule has 3 aliphatic heterocycles. The van der Waals surface area contributed by atoms with Gasteiger partial charge in [0.15, 0.2) is 11.6 Å². The Morgan fingerprint density at radius 3 is 2.30 bits per heavy atom. The largest absolute Gasteiger partial charge is 0.381 e. The molecule has 19 heteroatoms. The van der Waals surface area contributed by atoms with E-state index in [1.54, 1.807) is 25.1 Å². The molecule has 0 aliphatic carbocycles. The number of ether oxygens (including phenoxy) is 1. The topological polar surface area (TPSA) is 245 Å². The normalized spacial score (nSPS) is 23.9. The highest BCUT2D eigenvalue weighted by Gasteiger charge is 2.57. The highest BCUT2D eigenvalue weighted by molar-refractivity contribution is 7.98. The number of aliphatic hydroxyl groups is 1. The maximum Gasteiger partial charge on any atom is 0.246 e. The minimum Gasteiger partial charge on any atom is -0.381 e. The monoisotopic (exact) mass is 872 g/mol. The Labute approximate surface area is 362 Å². The number of carbonyl (C=O) groups excluding carboxylic acids is 8. The summed E-state index contributed by atoms with van der Waals surface area (Å²) in [5.41, 5.74) is -0.329. The summed E-state index contributed by atoms with van der Waals surface area (Å²) in [6.07, 6.45) is 0.673. The average Bonchev–Trinajstić information content (AvgIpc) is 3.84. The lowest BCUT2D eigenvalue weighted by Gasteiger charge is -2.29. The fourth-order valence-corrected chi connectivity index (χ4v) is 8.79. The Morgan fingerprint density at radius 2 is 1.67 bits per heavy atom. The molecule has 2 unspecified atom stereocenters. The Bertz CT molecular complexity index is 1830. The molecule has 0 spiro atoms. The minimum absolute atomic E-state index is 0.0869. The van der Waals surface area contributed by atoms with Gasteiger partial charge >= 0.3 is 0 Å². The molecule has 3 aliphatic rings. The predicted molar refractivity (Wildman–Crippen MR) is 229 cm³/mol. The van der Waals surface area contributed by atoms with Gasteiger partial charge in [-0.3, -0.25) is 43.3 Å². The molecule has 6 amide bonds. The summed E-state index contributed by atoms with van der Waals surface area (Å²) >= 11 is 1.25. The number of fused-ring (bicyclic) bond motifs is 3. The molecule has 2 saturated heterocycles. The number of thioether (sulfide) groups is 1. The van der Waals surface area contributed by atoms with Gasteiger partial charge in [-0.15, -0.1) is 0 Å². The van der Waals surface area contributed by atoms with Crippen LogP contribution in [-0.2, 0) is 48.7 Å². The van der Waals surface area contributed by atoms with E-state index in [1.165, 1.54) is 30.6 Å². The number of nitrogens with zero attached hydrogens (tertiary/aromatic N) is 2. The van der Waals surface area contributed by atoms with Gasteiger partial charge in [-0.1, -0.05) is 38.5 Å². The number of anilines is 1. The van der Waals surface area contributed by atoms with Gasteiger partial charge in [0, 0.05) is 56.3 Å². The Hall–Kier alpha value is -4.59. The molecule has 1 aromatic rings. The van der Waals surface area contributed by atoms with Crippen molar-refractivity contribution in [1.29, 1.82) is 0 Å². The lowest BCUT2D eigenvalue weighted by atomic mass is 9.91. The molecular formula is C42H64N8O10S. The molecule has 0 bridgehead atoms. The van der Waals surface area contributed by atoms with E-state index in [-0.39, 0.29) is 49.7 Å². The summed E-state index contributed by atoms with van der Waals surface area (Å²) in [4.78, 5) is 109. The number of hydrogen-bond acceptors (Lipinski definition) is 13. The van der Waals surface area contributed by atoms with E-state index in [2.05, 4.69) is 31.9 Å². The second kappa shape index (κ2) is 21.0. The van der Waals surface area contributed by atoms with Crippen molar-refractivity contribution in [3.63, 3.8) is 0 Å². The van der Waals surface area contributed by atoms with Crippen molar-refractivity contribution in [2.75, 3.05) is 44.5 Å². The summed E-state index contributed by atoms with van der Waals surface area (Å²) in [5.74, 6) is -4.45. The standard InChI is InChI=1S/C42H64N8O10S/c1-10-23(2)36(48-35(55)20-44-38(57)31-19-42(59)26-13-11-12-14-27(26)47-40(42)49(31)8)32(52)15-16-33(53)45-29(22-61-9)37(56)46-28(18-34(54)43-7)39(58)50-21-25(60-41(4,5)6)17-30(50)24(3)51/h11-14,23,25,28-31,36,40,47,59H,10,15-22H2,1-9H3,(H,43,54)(H,44,57)(H,45,53)(H,46,56)(H,48,55)/t23-,25+,28-,29-,30-,31?,36-,40?,42-/m0/s1. The van der Waals surface area contributed by atoms with E-state index in [4.69, 9.17) is 4.74 Å². The van der Waals surface area contributed by atoms with Gasteiger partial charge in [0.2, 0.25) is 35.4 Å². The third-order valence-corrected chi connectivity index (χ3v) is 12.2. The Morgan fingerprint density at radius 1 is 0.984 bits per heavy atom. The molecule has 0 saturated carbocycles. The second-order valence-corrected chi connectivity index (χ2v) is 18.1. The predicted octanol–water partition coefficient (Wildman–Crippen LogP) is 0.169. The third kappa shape index (κ3) is 12.3. The van der Waals surface area contributed by atoms with E-state index < -0.39 is 108 Å². The Balaban J connectivity index is 1.33. The molecular weight excluding hydrogens is 809 g/mol. The number of likely N-dealkylation sites (tertiary alicyclic amines) is 2. The number of nitrogens with one attached hydrogen (secondary N) is 6. The molecule has 2 fully saturated rings. The molecule has 9 atom stereocenters. The molecule has 7 N–H and O–H groups in total. The first-order chi connectivity index (χ1) is 28.6. The van der Waals surface area contributed by atoms with Crippen molar-refractivity contribution in [3.8, 4) is 0 Å². The van der Waals surface area contributed by atoms with Crippen molar-refractivity contribution in [1.82, 2.24) is 36.4 Å². The number of benzene rings is 1. The van der Waals surface area contributed by atoms with Gasteiger partial charge in [-0.05, 0) is 53.0 Å². The van der Waals surface area contributed by atoms with Crippen molar-refractivity contribution in [2.45, 2.75) is 134 Å². The van der Waals surface area contributed by atoms with E-state index in [0.717, 1.165) is 5.69 Å². The molecule has 4 rings (SSSR count). The summed E-state index contributed by atoms with van der Waals surface area (Å²) in [7, 11) is 3.12. The number of carbonyl (C=O) groups is 8. The summed E-state index contributed by atoms with van der Waals surface area (Å²) in [6.45, 7) is 10.3. The molecule has 61 heavy (non-hydrogen) atoms. The van der Waals surface area contributed by atoms with Crippen LogP contribution in [0.4, 0.5) is 5.69 Å². The Kier molecular flexibility index (Phi) is 16.9. The third-order valence-electron chi connectivity index (χ3n) is 11.5. The number of hydrogen-bond donors (Lipinski definition) is 7. The van der Waals surface area contributed by atoms with Crippen LogP contribution >= 0.6 is 11.8 Å². The fourth-order valence-electron chi connectivity index (χ4n) is 8.22. The van der Waals surface area contributed by atoms with Gasteiger partial charge in [-0.25, -0.2) is 0 Å². The fraction of sp³-hybridized carbons (Fsp3) is 0.667. The number of amides is 6. The molecule has 338 valence electrons. The minimum atomic E-state index is -1.35. The smallest absolute Gasteiger partial charge is 0.246 e. The lowest BCUT2D eigenvalue weighted by Crippen LogP contribution is -2.57. The van der Waals surface area contributed by atoms with Crippen LogP contribution < -0.4 is 31.9 Å². The molecule has 0 aromatic heterocycles. The molecule has 0 radical (unpaired) electrons. The van der Waals surface area contributed by atoms with Crippen LogP contribution in [0, 0.1) is 5.92 Å². The van der Waals surface area contributed by atoms with Crippen molar-refractivity contribution >= 4 is 64.5 Å². The highest BCUT2D eigenvalue weighted by atomic mass is 32.2. The number of ketones is 2. The van der Waals surface area contributed by atoms with Crippen LogP contribution in [0.15, 0.2) is 24.3 Å². The zero-order valence-electron chi connectivity index (χ0n) is 36.7. The van der Waals surface area contributed by atoms with Crippen LogP contribution in [0.2, 0.25) is 0 Å². The van der Waals surface area contributed by atoms with Crippen LogP contribution in [-0.4, -0.2) is 149 Å². The summed E-state index contributed by atoms with van der Waals surface area (Å²) in [6, 6.07) is 2.37. The van der Waals surface area contributed by atoms with Crippen molar-refractivity contribution in [3.05, 3.63) is 29.8 Å². The summed E-state index contributed by atoms with van der Waals surface area (Å²) in [5, 5.41) is 27.8. The zero-order chi connectivity index (χ0) is 45.4. The van der Waals surface area contributed by atoms with Crippen LogP contribution in [0.25, 0.3) is 0 Å². The molecule has 1 aromatic carbocycles. The van der Waals surface area contributed by atoms with Gasteiger partial charge in [-0.2, -0.15) is 11.8 Å². The first-order valence-corrected chi connectivity index (χ1v) is 22.2. The number of para-hydroxylation sites is 1. The highest BCUT2D eigenvalue weighted by Crippen LogP contribution is 2.48. The maximum absolute atomic E-state index is 13.9. The van der Waals surface area contributed by atoms with Gasteiger partial charge in [0.1, 0.15) is 23.9 Å². The number of likely N-dealkylation sites (N-methyl/N-ethyl adjacent to an activating group) is 1.